The Labute approximate surface area is 102 Å². The van der Waals surface area contributed by atoms with E-state index >= 15 is 0 Å². The van der Waals surface area contributed by atoms with Gasteiger partial charge in [0.2, 0.25) is 0 Å². The smallest absolute Gasteiger partial charge is 0.181 e. The van der Waals surface area contributed by atoms with Crippen LogP contribution in [0.25, 0.3) is 0 Å². The normalized spacial score (nSPS) is 44.9. The minimum absolute atomic E-state index is 0.267. The quantitative estimate of drug-likeness (QED) is 0.639. The van der Waals surface area contributed by atoms with Crippen molar-refractivity contribution in [1.82, 2.24) is 9.59 Å². The van der Waals surface area contributed by atoms with Crippen LogP contribution < -0.4 is 5.32 Å². The summed E-state index contributed by atoms with van der Waals surface area (Å²) in [5, 5.41) is 28.6. The van der Waals surface area contributed by atoms with Crippen molar-refractivity contribution >= 4 is 17.4 Å². The van der Waals surface area contributed by atoms with Gasteiger partial charge < -0.3 is 25.0 Å². The molecule has 2 fully saturated rings. The molecule has 0 aliphatic carbocycles. The number of anilines is 1. The van der Waals surface area contributed by atoms with Gasteiger partial charge in [-0.05, 0) is 18.5 Å². The van der Waals surface area contributed by atoms with Crippen molar-refractivity contribution in [3.63, 3.8) is 0 Å². The number of fused-ring (bicyclic) bond motifs is 2. The Kier molecular flexibility index (Phi) is 2.56. The predicted molar refractivity (Wildman–Crippen MR) is 58.6 cm³/mol. The summed E-state index contributed by atoms with van der Waals surface area (Å²) in [6, 6.07) is -0.551. The molecule has 8 heteroatoms. The molecule has 2 aliphatic heterocycles. The molecule has 1 aromatic heterocycles. The van der Waals surface area contributed by atoms with E-state index in [2.05, 4.69) is 14.9 Å². The van der Waals surface area contributed by atoms with Gasteiger partial charge in [-0.2, -0.15) is 0 Å². The van der Waals surface area contributed by atoms with Gasteiger partial charge in [-0.1, -0.05) is 4.49 Å². The van der Waals surface area contributed by atoms with Gasteiger partial charge in [0.25, 0.3) is 0 Å². The minimum Gasteiger partial charge on any atom is -0.388 e. The van der Waals surface area contributed by atoms with E-state index in [1.54, 1.807) is 12.3 Å². The van der Waals surface area contributed by atoms with Gasteiger partial charge in [0.1, 0.15) is 23.9 Å². The van der Waals surface area contributed by atoms with E-state index in [4.69, 9.17) is 9.47 Å². The highest BCUT2D eigenvalue weighted by molar-refractivity contribution is 7.03. The SMILES string of the molecule is C[C@@]12CO[C@@H](O1)[C@@H](Nc1csnn1)[C@@H](O)[C@H]2O. The highest BCUT2D eigenvalue weighted by Crippen LogP contribution is 2.37. The summed E-state index contributed by atoms with van der Waals surface area (Å²) < 4.78 is 14.7. The third kappa shape index (κ3) is 1.72. The van der Waals surface area contributed by atoms with Gasteiger partial charge in [0.15, 0.2) is 12.1 Å². The number of ether oxygens (including phenoxy) is 2. The summed E-state index contributed by atoms with van der Waals surface area (Å²) in [5.41, 5.74) is -0.831. The molecule has 2 bridgehead atoms. The maximum atomic E-state index is 10.1. The summed E-state index contributed by atoms with van der Waals surface area (Å²) in [6.45, 7) is 1.99. The molecule has 94 valence electrons. The second-order valence-electron chi connectivity index (χ2n) is 4.51. The molecule has 1 aromatic rings. The Hall–Kier alpha value is -0.800. The van der Waals surface area contributed by atoms with Crippen molar-refractivity contribution in [1.29, 1.82) is 0 Å². The maximum absolute atomic E-state index is 10.1. The first-order chi connectivity index (χ1) is 8.10. The van der Waals surface area contributed by atoms with Gasteiger partial charge in [0, 0.05) is 0 Å². The van der Waals surface area contributed by atoms with Gasteiger partial charge in [-0.25, -0.2) is 0 Å². The lowest BCUT2D eigenvalue weighted by Crippen LogP contribution is -2.61. The Balaban J connectivity index is 1.81. The predicted octanol–water partition coefficient (Wildman–Crippen LogP) is -0.814. The van der Waals surface area contributed by atoms with Crippen LogP contribution in [0.3, 0.4) is 0 Å². The van der Waals surface area contributed by atoms with Gasteiger partial charge >= 0.3 is 0 Å². The standard InChI is InChI=1S/C9H13N3O4S/c1-9-3-15-8(16-9)5(6(13)7(9)14)10-4-2-17-12-11-4/h2,5-8,10,13-14H,3H2,1H3/t5-,6+,7+,8-,9-/m0/s1. The molecular formula is C9H13N3O4S. The Morgan fingerprint density at radius 2 is 2.41 bits per heavy atom. The summed E-state index contributed by atoms with van der Waals surface area (Å²) in [5.74, 6) is 0.536. The van der Waals surface area contributed by atoms with E-state index in [-0.39, 0.29) is 6.61 Å². The molecule has 3 N–H and O–H groups in total. The molecule has 17 heavy (non-hydrogen) atoms. The fourth-order valence-corrected chi connectivity index (χ4v) is 2.58. The monoisotopic (exact) mass is 259 g/mol. The number of hydrogen-bond acceptors (Lipinski definition) is 8. The average Bonchev–Trinajstić information content (AvgIpc) is 2.91. The van der Waals surface area contributed by atoms with Gasteiger partial charge in [-0.3, -0.25) is 0 Å². The number of nitrogens with zero attached hydrogens (tertiary/aromatic N) is 2. The highest BCUT2D eigenvalue weighted by atomic mass is 32.1. The number of aromatic nitrogens is 2. The zero-order valence-electron chi connectivity index (χ0n) is 9.11. The molecule has 5 atom stereocenters. The lowest BCUT2D eigenvalue weighted by Gasteiger charge is -2.41. The van der Waals surface area contributed by atoms with Crippen LogP contribution in [-0.2, 0) is 9.47 Å². The zero-order valence-corrected chi connectivity index (χ0v) is 9.92. The molecular weight excluding hydrogens is 246 g/mol. The fraction of sp³-hybridized carbons (Fsp3) is 0.778. The van der Waals surface area contributed by atoms with E-state index < -0.39 is 30.1 Å². The number of nitrogens with one attached hydrogen (secondary N) is 1. The zero-order chi connectivity index (χ0) is 12.0. The van der Waals surface area contributed by atoms with E-state index in [0.717, 1.165) is 0 Å². The Morgan fingerprint density at radius 3 is 3.12 bits per heavy atom. The largest absolute Gasteiger partial charge is 0.388 e. The van der Waals surface area contributed by atoms with Crippen LogP contribution in [0.5, 0.6) is 0 Å². The third-order valence-corrected chi connectivity index (χ3v) is 3.71. The molecule has 0 radical (unpaired) electrons. The Bertz CT molecular complexity index is 403. The van der Waals surface area contributed by atoms with Crippen molar-refractivity contribution in [2.45, 2.75) is 37.1 Å². The van der Waals surface area contributed by atoms with Crippen LogP contribution in [0.2, 0.25) is 0 Å². The van der Waals surface area contributed by atoms with Crippen LogP contribution in [0.1, 0.15) is 6.92 Å². The summed E-state index contributed by atoms with van der Waals surface area (Å²) >= 11 is 1.20. The molecule has 7 nitrogen and oxygen atoms in total. The first-order valence-corrected chi connectivity index (χ1v) is 6.13. The van der Waals surface area contributed by atoms with Gasteiger partial charge in [0.05, 0.1) is 12.0 Å². The molecule has 3 rings (SSSR count). The van der Waals surface area contributed by atoms with Crippen molar-refractivity contribution in [3.05, 3.63) is 5.38 Å². The van der Waals surface area contributed by atoms with Crippen LogP contribution in [0, 0.1) is 0 Å². The van der Waals surface area contributed by atoms with Crippen molar-refractivity contribution in [2.24, 2.45) is 0 Å². The van der Waals surface area contributed by atoms with Gasteiger partial charge in [-0.15, -0.1) is 5.10 Å². The van der Waals surface area contributed by atoms with Crippen molar-refractivity contribution < 1.29 is 19.7 Å². The summed E-state index contributed by atoms with van der Waals surface area (Å²) in [7, 11) is 0. The summed E-state index contributed by atoms with van der Waals surface area (Å²) in [4.78, 5) is 0. The van der Waals surface area contributed by atoms with E-state index in [1.165, 1.54) is 11.5 Å². The number of rotatable bonds is 2. The molecule has 3 heterocycles. The first-order valence-electron chi connectivity index (χ1n) is 5.29. The third-order valence-electron chi connectivity index (χ3n) is 3.20. The first kappa shape index (κ1) is 11.3. The van der Waals surface area contributed by atoms with Crippen molar-refractivity contribution in [2.75, 3.05) is 11.9 Å². The van der Waals surface area contributed by atoms with Crippen LogP contribution in [0.15, 0.2) is 5.38 Å². The molecule has 0 amide bonds. The molecule has 0 aromatic carbocycles. The topological polar surface area (TPSA) is 96.7 Å². The number of hydrogen-bond donors (Lipinski definition) is 3. The van der Waals surface area contributed by atoms with E-state index in [9.17, 15) is 10.2 Å². The van der Waals surface area contributed by atoms with Crippen LogP contribution >= 0.6 is 11.5 Å². The second-order valence-corrected chi connectivity index (χ2v) is 5.12. The van der Waals surface area contributed by atoms with Crippen molar-refractivity contribution in [3.8, 4) is 0 Å². The lowest BCUT2D eigenvalue weighted by molar-refractivity contribution is -0.208. The average molecular weight is 259 g/mol. The van der Waals surface area contributed by atoms with E-state index in [0.29, 0.717) is 5.82 Å². The summed E-state index contributed by atoms with van der Waals surface area (Å²) in [6.07, 6.45) is -2.55. The highest BCUT2D eigenvalue weighted by Gasteiger charge is 2.56. The molecule has 0 unspecified atom stereocenters. The number of aliphatic hydroxyl groups excluding tert-OH is 2. The maximum Gasteiger partial charge on any atom is 0.181 e. The van der Waals surface area contributed by atoms with Crippen LogP contribution in [0.4, 0.5) is 5.82 Å². The fourth-order valence-electron chi connectivity index (χ4n) is 2.18. The van der Waals surface area contributed by atoms with Crippen LogP contribution in [-0.4, -0.2) is 56.5 Å². The number of aliphatic hydroxyl groups is 2. The molecule has 0 spiro atoms. The molecule has 0 saturated carbocycles. The minimum atomic E-state index is -0.995. The molecule has 2 saturated heterocycles. The second kappa shape index (κ2) is 3.85. The lowest BCUT2D eigenvalue weighted by atomic mass is 9.89. The molecule has 2 aliphatic rings. The van der Waals surface area contributed by atoms with E-state index in [1.807, 2.05) is 0 Å². The Morgan fingerprint density at radius 1 is 1.59 bits per heavy atom.